The van der Waals surface area contributed by atoms with Crippen molar-refractivity contribution in [1.82, 2.24) is 19.7 Å². The summed E-state index contributed by atoms with van der Waals surface area (Å²) in [5.41, 5.74) is 3.36. The molecule has 1 fully saturated rings. The van der Waals surface area contributed by atoms with Crippen LogP contribution in [0.3, 0.4) is 0 Å². The molecule has 3 heterocycles. The van der Waals surface area contributed by atoms with Crippen LogP contribution in [0.15, 0.2) is 27.9 Å². The number of ether oxygens (including phenoxy) is 1. The zero-order chi connectivity index (χ0) is 19.7. The Bertz CT molecular complexity index is 979. The summed E-state index contributed by atoms with van der Waals surface area (Å²) in [5, 5.41) is 4.91. The molecule has 28 heavy (non-hydrogen) atoms. The van der Waals surface area contributed by atoms with Gasteiger partial charge in [-0.2, -0.15) is 4.98 Å². The van der Waals surface area contributed by atoms with Crippen LogP contribution in [0.1, 0.15) is 35.7 Å². The molecule has 1 aliphatic rings. The van der Waals surface area contributed by atoms with E-state index in [0.717, 1.165) is 42.5 Å². The van der Waals surface area contributed by atoms with Crippen molar-refractivity contribution < 1.29 is 13.7 Å². The smallest absolute Gasteiger partial charge is 0.237 e. The molecule has 1 aliphatic heterocycles. The Balaban J connectivity index is 1.47. The van der Waals surface area contributed by atoms with Crippen LogP contribution >= 0.6 is 11.8 Å². The lowest BCUT2D eigenvalue weighted by Crippen LogP contribution is -2.16. The number of hydrogen-bond acceptors (Lipinski definition) is 6. The van der Waals surface area contributed by atoms with E-state index < -0.39 is 0 Å². The van der Waals surface area contributed by atoms with Crippen molar-refractivity contribution in [2.45, 2.75) is 57.2 Å². The first-order chi connectivity index (χ1) is 13.5. The van der Waals surface area contributed by atoms with E-state index in [4.69, 9.17) is 9.26 Å². The van der Waals surface area contributed by atoms with E-state index in [-0.39, 0.29) is 11.9 Å². The molecular formula is C20H23FN4O2S. The van der Waals surface area contributed by atoms with E-state index in [1.54, 1.807) is 30.8 Å². The molecular weight excluding hydrogens is 379 g/mol. The largest absolute Gasteiger partial charge is 0.376 e. The van der Waals surface area contributed by atoms with Gasteiger partial charge in [0, 0.05) is 17.9 Å². The van der Waals surface area contributed by atoms with Crippen molar-refractivity contribution in [2.75, 3.05) is 6.61 Å². The second kappa shape index (κ2) is 8.05. The molecule has 3 aromatic rings. The maximum Gasteiger partial charge on any atom is 0.237 e. The van der Waals surface area contributed by atoms with Gasteiger partial charge in [0.25, 0.3) is 0 Å². The van der Waals surface area contributed by atoms with E-state index in [2.05, 4.69) is 26.6 Å². The highest BCUT2D eigenvalue weighted by Crippen LogP contribution is 2.27. The third-order valence-corrected chi connectivity index (χ3v) is 6.02. The number of thioether (sulfide) groups is 1. The van der Waals surface area contributed by atoms with Crippen molar-refractivity contribution >= 4 is 11.8 Å². The highest BCUT2D eigenvalue weighted by atomic mass is 32.2. The summed E-state index contributed by atoms with van der Waals surface area (Å²) in [4.78, 5) is 9.09. The maximum absolute atomic E-state index is 13.8. The number of aromatic nitrogens is 4. The zero-order valence-corrected chi connectivity index (χ0v) is 17.1. The lowest BCUT2D eigenvalue weighted by atomic mass is 10.1. The minimum absolute atomic E-state index is 0.248. The van der Waals surface area contributed by atoms with Crippen LogP contribution in [0.4, 0.5) is 4.39 Å². The predicted molar refractivity (Wildman–Crippen MR) is 105 cm³/mol. The van der Waals surface area contributed by atoms with Crippen LogP contribution in [0.2, 0.25) is 0 Å². The van der Waals surface area contributed by atoms with Crippen molar-refractivity contribution in [2.24, 2.45) is 0 Å². The number of aryl methyl sites for hydroxylation is 2. The fourth-order valence-corrected chi connectivity index (χ4v) is 4.17. The van der Waals surface area contributed by atoms with Crippen LogP contribution in [0, 0.1) is 26.6 Å². The molecule has 148 valence electrons. The Kier molecular flexibility index (Phi) is 5.50. The second-order valence-electron chi connectivity index (χ2n) is 7.08. The van der Waals surface area contributed by atoms with Gasteiger partial charge >= 0.3 is 0 Å². The molecule has 4 rings (SSSR count). The van der Waals surface area contributed by atoms with Gasteiger partial charge in [-0.15, -0.1) is 0 Å². The van der Waals surface area contributed by atoms with Crippen LogP contribution < -0.4 is 0 Å². The Morgan fingerprint density at radius 3 is 2.86 bits per heavy atom. The summed E-state index contributed by atoms with van der Waals surface area (Å²) < 4.78 is 27.1. The molecule has 1 saturated heterocycles. The Morgan fingerprint density at radius 2 is 2.11 bits per heavy atom. The van der Waals surface area contributed by atoms with Crippen LogP contribution in [0.25, 0.3) is 11.4 Å². The second-order valence-corrected chi connectivity index (χ2v) is 8.02. The van der Waals surface area contributed by atoms with E-state index in [1.165, 1.54) is 6.07 Å². The topological polar surface area (TPSA) is 66.0 Å². The number of benzene rings is 1. The predicted octanol–water partition coefficient (Wildman–Crippen LogP) is 4.47. The standard InChI is InChI=1S/C20H23FN4O2S/c1-12-6-7-15(9-17(12)21)19-23-18(27-24-19)11-28-20-22-13(2)14(3)25(20)10-16-5-4-8-26-16/h6-7,9,16H,4-5,8,10-11H2,1-3H3. The maximum atomic E-state index is 13.8. The lowest BCUT2D eigenvalue weighted by molar-refractivity contribution is 0.0945. The minimum Gasteiger partial charge on any atom is -0.376 e. The van der Waals surface area contributed by atoms with Gasteiger partial charge < -0.3 is 13.8 Å². The van der Waals surface area contributed by atoms with E-state index in [0.29, 0.717) is 28.6 Å². The van der Waals surface area contributed by atoms with Crippen LogP contribution in [0.5, 0.6) is 0 Å². The monoisotopic (exact) mass is 402 g/mol. The zero-order valence-electron chi connectivity index (χ0n) is 16.2. The number of hydrogen-bond donors (Lipinski definition) is 0. The quantitative estimate of drug-likeness (QED) is 0.567. The summed E-state index contributed by atoms with van der Waals surface area (Å²) in [6, 6.07) is 4.93. The molecule has 6 nitrogen and oxygen atoms in total. The molecule has 0 aliphatic carbocycles. The van der Waals surface area contributed by atoms with Crippen molar-refractivity contribution in [1.29, 1.82) is 0 Å². The van der Waals surface area contributed by atoms with Crippen molar-refractivity contribution in [3.8, 4) is 11.4 Å². The first kappa shape index (κ1) is 19.1. The molecule has 0 saturated carbocycles. The first-order valence-electron chi connectivity index (χ1n) is 9.38. The summed E-state index contributed by atoms with van der Waals surface area (Å²) >= 11 is 1.56. The van der Waals surface area contributed by atoms with E-state index in [9.17, 15) is 4.39 Å². The molecule has 0 radical (unpaired) electrons. The van der Waals surface area contributed by atoms with Crippen LogP contribution in [-0.4, -0.2) is 32.4 Å². The van der Waals surface area contributed by atoms with Gasteiger partial charge in [-0.05, 0) is 45.2 Å². The summed E-state index contributed by atoms with van der Waals surface area (Å²) in [6.45, 7) is 7.47. The number of halogens is 1. The summed E-state index contributed by atoms with van der Waals surface area (Å²) in [5.74, 6) is 1.11. The van der Waals surface area contributed by atoms with Gasteiger partial charge in [0.2, 0.25) is 11.7 Å². The van der Waals surface area contributed by atoms with Crippen molar-refractivity contribution in [3.63, 3.8) is 0 Å². The van der Waals surface area contributed by atoms with Gasteiger partial charge in [-0.1, -0.05) is 29.1 Å². The third-order valence-electron chi connectivity index (χ3n) is 5.06. The van der Waals surface area contributed by atoms with Crippen LogP contribution in [-0.2, 0) is 17.0 Å². The van der Waals surface area contributed by atoms with Gasteiger partial charge in [0.1, 0.15) is 5.82 Å². The molecule has 1 atom stereocenters. The molecule has 0 spiro atoms. The highest BCUT2D eigenvalue weighted by molar-refractivity contribution is 7.98. The Morgan fingerprint density at radius 1 is 1.25 bits per heavy atom. The molecule has 0 amide bonds. The molecule has 2 aromatic heterocycles. The average Bonchev–Trinajstić information content (AvgIpc) is 3.41. The van der Waals surface area contributed by atoms with E-state index >= 15 is 0 Å². The number of nitrogens with zero attached hydrogens (tertiary/aromatic N) is 4. The van der Waals surface area contributed by atoms with Gasteiger partial charge in [-0.25, -0.2) is 9.37 Å². The molecule has 1 unspecified atom stereocenters. The van der Waals surface area contributed by atoms with Gasteiger partial charge in [0.05, 0.1) is 24.1 Å². The summed E-state index contributed by atoms with van der Waals surface area (Å²) in [6.07, 6.45) is 2.45. The molecule has 0 N–H and O–H groups in total. The van der Waals surface area contributed by atoms with Gasteiger partial charge in [-0.3, -0.25) is 0 Å². The van der Waals surface area contributed by atoms with E-state index in [1.807, 2.05) is 6.92 Å². The first-order valence-corrected chi connectivity index (χ1v) is 10.4. The molecule has 1 aromatic carbocycles. The fourth-order valence-electron chi connectivity index (χ4n) is 3.23. The number of imidazole rings is 1. The van der Waals surface area contributed by atoms with Gasteiger partial charge in [0.15, 0.2) is 5.16 Å². The summed E-state index contributed by atoms with van der Waals surface area (Å²) in [7, 11) is 0. The Hall–Kier alpha value is -2.19. The molecule has 0 bridgehead atoms. The lowest BCUT2D eigenvalue weighted by Gasteiger charge is -2.14. The highest BCUT2D eigenvalue weighted by Gasteiger charge is 2.21. The normalized spacial score (nSPS) is 16.8. The average molecular weight is 402 g/mol. The number of rotatable bonds is 6. The van der Waals surface area contributed by atoms with Crippen molar-refractivity contribution in [3.05, 3.63) is 46.9 Å². The fraction of sp³-hybridized carbons (Fsp3) is 0.450. The third kappa shape index (κ3) is 3.98. The Labute approximate surface area is 167 Å². The SMILES string of the molecule is Cc1ccc(-c2noc(CSc3nc(C)c(C)n3CC3CCCO3)n2)cc1F. The minimum atomic E-state index is -0.277. The molecule has 8 heteroatoms.